The molecule has 1 amide bonds. The van der Waals surface area contributed by atoms with Crippen molar-refractivity contribution in [2.24, 2.45) is 0 Å². The van der Waals surface area contributed by atoms with Crippen LogP contribution in [0.3, 0.4) is 0 Å². The molecule has 1 saturated heterocycles. The zero-order valence-corrected chi connectivity index (χ0v) is 13.8. The fourth-order valence-corrected chi connectivity index (χ4v) is 2.95. The number of rotatable bonds is 2. The Morgan fingerprint density at radius 3 is 2.74 bits per heavy atom. The van der Waals surface area contributed by atoms with E-state index in [-0.39, 0.29) is 24.4 Å². The van der Waals surface area contributed by atoms with E-state index in [0.29, 0.717) is 11.6 Å². The standard InChI is InChI=1S/C12H19BrN4O.ClH/c1-7(2)10-9(13)11(16-15-10)12(18)17-5-4-14-6-8(17)3;/h7-8,14H,4-6H2,1-3H3,(H,15,16);1H/t8-;/m0./s1. The lowest BCUT2D eigenvalue weighted by molar-refractivity contribution is 0.0648. The topological polar surface area (TPSA) is 61.0 Å². The first-order valence-electron chi connectivity index (χ1n) is 6.27. The molecule has 1 aliphatic heterocycles. The first-order chi connectivity index (χ1) is 8.52. The minimum atomic E-state index is -0.000903. The highest BCUT2D eigenvalue weighted by Gasteiger charge is 2.28. The summed E-state index contributed by atoms with van der Waals surface area (Å²) in [5.74, 6) is 0.313. The van der Waals surface area contributed by atoms with E-state index in [4.69, 9.17) is 0 Å². The lowest BCUT2D eigenvalue weighted by Crippen LogP contribution is -2.52. The van der Waals surface area contributed by atoms with E-state index in [1.165, 1.54) is 0 Å². The van der Waals surface area contributed by atoms with Crippen molar-refractivity contribution in [3.8, 4) is 0 Å². The van der Waals surface area contributed by atoms with Crippen molar-refractivity contribution in [2.45, 2.75) is 32.7 Å². The number of piperazine rings is 1. The van der Waals surface area contributed by atoms with E-state index in [2.05, 4.69) is 45.3 Å². The molecule has 2 rings (SSSR count). The van der Waals surface area contributed by atoms with Crippen LogP contribution in [0, 0.1) is 0 Å². The molecule has 7 heteroatoms. The van der Waals surface area contributed by atoms with Crippen LogP contribution in [0.5, 0.6) is 0 Å². The van der Waals surface area contributed by atoms with E-state index in [9.17, 15) is 4.79 Å². The van der Waals surface area contributed by atoms with Crippen LogP contribution < -0.4 is 5.32 Å². The number of hydrogen-bond donors (Lipinski definition) is 2. The third-order valence-corrected chi connectivity index (χ3v) is 4.08. The van der Waals surface area contributed by atoms with Gasteiger partial charge in [0.1, 0.15) is 0 Å². The molecule has 1 fully saturated rings. The normalized spacial score (nSPS) is 19.4. The number of hydrogen-bond acceptors (Lipinski definition) is 3. The Morgan fingerprint density at radius 1 is 1.53 bits per heavy atom. The van der Waals surface area contributed by atoms with Gasteiger partial charge in [0.05, 0.1) is 10.2 Å². The van der Waals surface area contributed by atoms with E-state index < -0.39 is 0 Å². The largest absolute Gasteiger partial charge is 0.332 e. The van der Waals surface area contributed by atoms with Crippen LogP contribution in [-0.4, -0.2) is 46.7 Å². The van der Waals surface area contributed by atoms with Crippen molar-refractivity contribution in [1.29, 1.82) is 0 Å². The minimum Gasteiger partial charge on any atom is -0.332 e. The smallest absolute Gasteiger partial charge is 0.275 e. The highest BCUT2D eigenvalue weighted by molar-refractivity contribution is 9.10. The van der Waals surface area contributed by atoms with Gasteiger partial charge in [-0.1, -0.05) is 13.8 Å². The first-order valence-corrected chi connectivity index (χ1v) is 7.07. The summed E-state index contributed by atoms with van der Waals surface area (Å²) in [4.78, 5) is 14.3. The average molecular weight is 352 g/mol. The molecule has 0 saturated carbocycles. The number of carbonyl (C=O) groups is 1. The molecular formula is C12H20BrClN4O. The quantitative estimate of drug-likeness (QED) is 0.858. The van der Waals surface area contributed by atoms with E-state index in [1.807, 2.05) is 11.8 Å². The molecule has 1 atom stereocenters. The lowest BCUT2D eigenvalue weighted by atomic mass is 10.1. The summed E-state index contributed by atoms with van der Waals surface area (Å²) in [6.45, 7) is 8.60. The van der Waals surface area contributed by atoms with Crippen LogP contribution in [0.2, 0.25) is 0 Å². The van der Waals surface area contributed by atoms with Gasteiger partial charge in [-0.15, -0.1) is 12.4 Å². The van der Waals surface area contributed by atoms with Crippen molar-refractivity contribution in [1.82, 2.24) is 20.4 Å². The summed E-state index contributed by atoms with van der Waals surface area (Å²) in [7, 11) is 0. The Kier molecular flexibility index (Phi) is 5.82. The Bertz CT molecular complexity index is 449. The average Bonchev–Trinajstić information content (AvgIpc) is 2.71. The van der Waals surface area contributed by atoms with Gasteiger partial charge in [0.2, 0.25) is 0 Å². The Labute approximate surface area is 128 Å². The molecule has 1 aromatic rings. The summed E-state index contributed by atoms with van der Waals surface area (Å²) in [5.41, 5.74) is 1.47. The molecule has 19 heavy (non-hydrogen) atoms. The number of aromatic nitrogens is 2. The van der Waals surface area contributed by atoms with Crippen molar-refractivity contribution in [3.05, 3.63) is 15.9 Å². The van der Waals surface area contributed by atoms with Gasteiger partial charge < -0.3 is 10.2 Å². The van der Waals surface area contributed by atoms with Gasteiger partial charge in [0, 0.05) is 25.7 Å². The van der Waals surface area contributed by atoms with Crippen LogP contribution in [0.15, 0.2) is 4.47 Å². The summed E-state index contributed by atoms with van der Waals surface area (Å²) >= 11 is 3.48. The van der Waals surface area contributed by atoms with Gasteiger partial charge in [-0.25, -0.2) is 0 Å². The molecule has 0 unspecified atom stereocenters. The zero-order chi connectivity index (χ0) is 13.3. The molecule has 0 bridgehead atoms. The third-order valence-electron chi connectivity index (χ3n) is 3.27. The predicted octanol–water partition coefficient (Wildman–Crippen LogP) is 2.15. The number of nitrogens with zero attached hydrogens (tertiary/aromatic N) is 2. The molecular weight excluding hydrogens is 332 g/mol. The molecule has 0 aromatic carbocycles. The monoisotopic (exact) mass is 350 g/mol. The number of halogens is 2. The number of carbonyl (C=O) groups excluding carboxylic acids is 1. The van der Waals surface area contributed by atoms with Gasteiger partial charge in [-0.2, -0.15) is 5.10 Å². The molecule has 5 nitrogen and oxygen atoms in total. The molecule has 0 spiro atoms. The number of amides is 1. The van der Waals surface area contributed by atoms with E-state index in [1.54, 1.807) is 0 Å². The maximum atomic E-state index is 12.5. The van der Waals surface area contributed by atoms with E-state index >= 15 is 0 Å². The summed E-state index contributed by atoms with van der Waals surface area (Å²) in [5, 5.41) is 10.4. The van der Waals surface area contributed by atoms with Crippen molar-refractivity contribution in [3.63, 3.8) is 0 Å². The molecule has 1 aromatic heterocycles. The Balaban J connectivity index is 0.00000180. The van der Waals surface area contributed by atoms with Crippen LogP contribution in [0.25, 0.3) is 0 Å². The van der Waals surface area contributed by atoms with Crippen molar-refractivity contribution in [2.75, 3.05) is 19.6 Å². The highest BCUT2D eigenvalue weighted by atomic mass is 79.9. The minimum absolute atomic E-state index is 0. The van der Waals surface area contributed by atoms with Crippen LogP contribution >= 0.6 is 28.3 Å². The lowest BCUT2D eigenvalue weighted by Gasteiger charge is -2.33. The molecule has 1 aliphatic rings. The van der Waals surface area contributed by atoms with Crippen LogP contribution in [-0.2, 0) is 0 Å². The SMILES string of the molecule is CC(C)c1[nH]nc(C(=O)N2CCNC[C@@H]2C)c1Br.Cl. The second kappa shape index (κ2) is 6.72. The highest BCUT2D eigenvalue weighted by Crippen LogP contribution is 2.26. The molecule has 0 aliphatic carbocycles. The fourth-order valence-electron chi connectivity index (χ4n) is 2.14. The molecule has 2 N–H and O–H groups in total. The van der Waals surface area contributed by atoms with Gasteiger partial charge in [-0.3, -0.25) is 9.89 Å². The maximum Gasteiger partial charge on any atom is 0.275 e. The van der Waals surface area contributed by atoms with Crippen LogP contribution in [0.1, 0.15) is 42.9 Å². The predicted molar refractivity (Wildman–Crippen MR) is 81.0 cm³/mol. The second-order valence-corrected chi connectivity index (χ2v) is 5.80. The number of nitrogens with one attached hydrogen (secondary N) is 2. The first kappa shape index (κ1) is 16.5. The van der Waals surface area contributed by atoms with Crippen molar-refractivity contribution < 1.29 is 4.79 Å². The van der Waals surface area contributed by atoms with Gasteiger partial charge in [-0.05, 0) is 28.8 Å². The summed E-state index contributed by atoms with van der Waals surface area (Å²) in [6.07, 6.45) is 0. The number of H-pyrrole nitrogens is 1. The van der Waals surface area contributed by atoms with Crippen molar-refractivity contribution >= 4 is 34.2 Å². The van der Waals surface area contributed by atoms with Gasteiger partial charge in [0.15, 0.2) is 5.69 Å². The zero-order valence-electron chi connectivity index (χ0n) is 11.4. The molecule has 0 radical (unpaired) electrons. The summed E-state index contributed by atoms with van der Waals surface area (Å²) in [6, 6.07) is 0.206. The molecule has 108 valence electrons. The maximum absolute atomic E-state index is 12.5. The fraction of sp³-hybridized carbons (Fsp3) is 0.667. The van der Waals surface area contributed by atoms with Crippen LogP contribution in [0.4, 0.5) is 0 Å². The summed E-state index contributed by atoms with van der Waals surface area (Å²) < 4.78 is 0.799. The third kappa shape index (κ3) is 3.30. The van der Waals surface area contributed by atoms with Gasteiger partial charge in [0.25, 0.3) is 5.91 Å². The second-order valence-electron chi connectivity index (χ2n) is 5.01. The Morgan fingerprint density at radius 2 is 2.21 bits per heavy atom. The van der Waals surface area contributed by atoms with Gasteiger partial charge >= 0.3 is 0 Å². The Hall–Kier alpha value is -0.590. The van der Waals surface area contributed by atoms with E-state index in [0.717, 1.165) is 29.8 Å². The number of aromatic amines is 1. The molecule has 2 heterocycles.